The van der Waals surface area contributed by atoms with Crippen LogP contribution in [0, 0.1) is 22.0 Å². The molecule has 0 aromatic carbocycles. The maximum Gasteiger partial charge on any atom is 0.242 e. The molecular formula is C15H26N2O3. The molecule has 0 N–H and O–H groups in total. The molecule has 1 fully saturated rings. The van der Waals surface area contributed by atoms with Gasteiger partial charge in [0, 0.05) is 25.5 Å². The van der Waals surface area contributed by atoms with Crippen LogP contribution in [0.5, 0.6) is 0 Å². The minimum Gasteiger partial charge on any atom is -0.381 e. The van der Waals surface area contributed by atoms with Crippen LogP contribution in [-0.2, 0) is 4.74 Å². The van der Waals surface area contributed by atoms with Crippen LogP contribution >= 0.6 is 0 Å². The Kier molecular flexibility index (Phi) is 5.16. The molecule has 0 spiro atoms. The number of allylic oxidation sites excluding steroid dienone is 1. The van der Waals surface area contributed by atoms with Crippen LogP contribution in [0.25, 0.3) is 0 Å². The molecule has 2 aliphatic rings. The molecule has 114 valence electrons. The van der Waals surface area contributed by atoms with Crippen LogP contribution in [0.1, 0.15) is 39.5 Å². The van der Waals surface area contributed by atoms with E-state index in [9.17, 15) is 10.1 Å². The van der Waals surface area contributed by atoms with Crippen molar-refractivity contribution < 1.29 is 9.66 Å². The molecule has 5 heteroatoms. The largest absolute Gasteiger partial charge is 0.381 e. The van der Waals surface area contributed by atoms with Gasteiger partial charge in [0.15, 0.2) is 0 Å². The van der Waals surface area contributed by atoms with E-state index in [1.54, 1.807) is 7.11 Å². The number of ether oxygens (including phenoxy) is 1. The van der Waals surface area contributed by atoms with E-state index in [0.717, 1.165) is 32.4 Å². The van der Waals surface area contributed by atoms with Crippen molar-refractivity contribution in [1.82, 2.24) is 4.90 Å². The van der Waals surface area contributed by atoms with Crippen molar-refractivity contribution in [1.29, 1.82) is 0 Å². The average molecular weight is 282 g/mol. The van der Waals surface area contributed by atoms with Gasteiger partial charge in [-0.2, -0.15) is 0 Å². The van der Waals surface area contributed by atoms with Crippen molar-refractivity contribution in [3.05, 3.63) is 21.9 Å². The number of hydrogen-bond donors (Lipinski definition) is 0. The van der Waals surface area contributed by atoms with Gasteiger partial charge >= 0.3 is 0 Å². The Balaban J connectivity index is 2.05. The van der Waals surface area contributed by atoms with Gasteiger partial charge in [-0.15, -0.1) is 0 Å². The second-order valence-electron chi connectivity index (χ2n) is 6.27. The highest BCUT2D eigenvalue weighted by Gasteiger charge is 2.36. The van der Waals surface area contributed by atoms with E-state index in [-0.39, 0.29) is 16.9 Å². The van der Waals surface area contributed by atoms with Gasteiger partial charge in [-0.25, -0.2) is 0 Å². The third-order valence-corrected chi connectivity index (χ3v) is 4.89. The highest BCUT2D eigenvalue weighted by Crippen LogP contribution is 2.36. The SMILES string of the molecule is COC1CCC([N+](=O)[O-])=CC1C1CCN(C(C)C)CC1. The summed E-state index contributed by atoms with van der Waals surface area (Å²) in [6, 6.07) is 0.588. The number of hydrogen-bond acceptors (Lipinski definition) is 4. The Morgan fingerprint density at radius 2 is 2.00 bits per heavy atom. The topological polar surface area (TPSA) is 55.6 Å². The highest BCUT2D eigenvalue weighted by molar-refractivity contribution is 5.06. The van der Waals surface area contributed by atoms with Gasteiger partial charge in [-0.1, -0.05) is 0 Å². The minimum atomic E-state index is -0.220. The third kappa shape index (κ3) is 3.38. The van der Waals surface area contributed by atoms with Gasteiger partial charge in [0.2, 0.25) is 5.70 Å². The molecule has 0 radical (unpaired) electrons. The zero-order valence-electron chi connectivity index (χ0n) is 12.7. The molecule has 0 amide bonds. The molecule has 0 saturated carbocycles. The lowest BCUT2D eigenvalue weighted by molar-refractivity contribution is -0.430. The molecule has 1 aliphatic carbocycles. The second kappa shape index (κ2) is 6.68. The van der Waals surface area contributed by atoms with E-state index in [2.05, 4.69) is 18.7 Å². The lowest BCUT2D eigenvalue weighted by Crippen LogP contribution is -2.42. The average Bonchev–Trinajstić information content (AvgIpc) is 2.46. The van der Waals surface area contributed by atoms with Crippen LogP contribution in [0.2, 0.25) is 0 Å². The standard InChI is InChI=1S/C15H26N2O3/c1-11(2)16-8-6-12(7-9-16)14-10-13(17(18)19)4-5-15(14)20-3/h10-12,14-15H,4-9H2,1-3H3. The summed E-state index contributed by atoms with van der Waals surface area (Å²) < 4.78 is 5.58. The smallest absolute Gasteiger partial charge is 0.242 e. The number of rotatable bonds is 4. The van der Waals surface area contributed by atoms with Gasteiger partial charge in [-0.3, -0.25) is 10.1 Å². The van der Waals surface area contributed by atoms with E-state index in [1.165, 1.54) is 0 Å². The lowest BCUT2D eigenvalue weighted by atomic mass is 9.76. The number of nitrogens with zero attached hydrogens (tertiary/aromatic N) is 2. The number of piperidine rings is 1. The van der Waals surface area contributed by atoms with E-state index in [1.807, 2.05) is 6.08 Å². The van der Waals surface area contributed by atoms with Crippen molar-refractivity contribution in [2.24, 2.45) is 11.8 Å². The zero-order chi connectivity index (χ0) is 14.7. The molecule has 0 aromatic heterocycles. The van der Waals surface area contributed by atoms with Crippen molar-refractivity contribution in [3.63, 3.8) is 0 Å². The third-order valence-electron chi connectivity index (χ3n) is 4.89. The molecule has 0 bridgehead atoms. The van der Waals surface area contributed by atoms with Crippen molar-refractivity contribution in [2.75, 3.05) is 20.2 Å². The van der Waals surface area contributed by atoms with Crippen molar-refractivity contribution >= 4 is 0 Å². The molecule has 1 heterocycles. The zero-order valence-corrected chi connectivity index (χ0v) is 12.7. The molecule has 2 unspecified atom stereocenters. The Morgan fingerprint density at radius 1 is 1.35 bits per heavy atom. The van der Waals surface area contributed by atoms with E-state index in [0.29, 0.717) is 24.1 Å². The maximum atomic E-state index is 11.0. The normalized spacial score (nSPS) is 29.5. The van der Waals surface area contributed by atoms with E-state index in [4.69, 9.17) is 4.74 Å². The maximum absolute atomic E-state index is 11.0. The fraction of sp³-hybridized carbons (Fsp3) is 0.867. The summed E-state index contributed by atoms with van der Waals surface area (Å²) in [5, 5.41) is 11.0. The van der Waals surface area contributed by atoms with Crippen LogP contribution in [0.4, 0.5) is 0 Å². The molecule has 20 heavy (non-hydrogen) atoms. The number of likely N-dealkylation sites (tertiary alicyclic amines) is 1. The predicted octanol–water partition coefficient (Wildman–Crippen LogP) is 2.69. The summed E-state index contributed by atoms with van der Waals surface area (Å²) in [5.74, 6) is 0.730. The molecule has 2 atom stereocenters. The quantitative estimate of drug-likeness (QED) is 0.587. The fourth-order valence-electron chi connectivity index (χ4n) is 3.58. The number of nitro groups is 1. The lowest BCUT2D eigenvalue weighted by Gasteiger charge is -2.40. The summed E-state index contributed by atoms with van der Waals surface area (Å²) in [7, 11) is 1.73. The highest BCUT2D eigenvalue weighted by atomic mass is 16.6. The molecule has 1 saturated heterocycles. The fourth-order valence-corrected chi connectivity index (χ4v) is 3.58. The molecular weight excluding hydrogens is 256 g/mol. The summed E-state index contributed by atoms with van der Waals surface area (Å²) in [6.07, 6.45) is 5.57. The summed E-state index contributed by atoms with van der Waals surface area (Å²) in [6.45, 7) is 6.64. The summed E-state index contributed by atoms with van der Waals surface area (Å²) >= 11 is 0. The predicted molar refractivity (Wildman–Crippen MR) is 78.0 cm³/mol. The van der Waals surface area contributed by atoms with Gasteiger partial charge < -0.3 is 9.64 Å². The van der Waals surface area contributed by atoms with Gasteiger partial charge in [0.1, 0.15) is 0 Å². The molecule has 0 aromatic rings. The van der Waals surface area contributed by atoms with E-state index < -0.39 is 0 Å². The first-order valence-corrected chi connectivity index (χ1v) is 7.65. The Bertz CT molecular complexity index is 373. The van der Waals surface area contributed by atoms with Crippen LogP contribution in [0.15, 0.2) is 11.8 Å². The van der Waals surface area contributed by atoms with E-state index >= 15 is 0 Å². The minimum absolute atomic E-state index is 0.147. The summed E-state index contributed by atoms with van der Waals surface area (Å²) in [5.41, 5.74) is 0.384. The van der Waals surface area contributed by atoms with Gasteiger partial charge in [0.25, 0.3) is 0 Å². The monoisotopic (exact) mass is 282 g/mol. The van der Waals surface area contributed by atoms with Gasteiger partial charge in [-0.05, 0) is 58.2 Å². The van der Waals surface area contributed by atoms with Crippen molar-refractivity contribution in [2.45, 2.75) is 51.7 Å². The van der Waals surface area contributed by atoms with Crippen molar-refractivity contribution in [3.8, 4) is 0 Å². The first-order chi connectivity index (χ1) is 9.52. The Labute approximate surface area is 121 Å². The first kappa shape index (κ1) is 15.4. The second-order valence-corrected chi connectivity index (χ2v) is 6.27. The first-order valence-electron chi connectivity index (χ1n) is 7.65. The summed E-state index contributed by atoms with van der Waals surface area (Å²) in [4.78, 5) is 13.3. The van der Waals surface area contributed by atoms with Crippen LogP contribution in [0.3, 0.4) is 0 Å². The molecule has 1 aliphatic heterocycles. The van der Waals surface area contributed by atoms with Gasteiger partial charge in [0.05, 0.1) is 11.0 Å². The molecule has 2 rings (SSSR count). The Hall–Kier alpha value is -0.940. The molecule has 5 nitrogen and oxygen atoms in total. The number of methoxy groups -OCH3 is 1. The van der Waals surface area contributed by atoms with Crippen LogP contribution in [-0.4, -0.2) is 42.2 Å². The van der Waals surface area contributed by atoms with Crippen LogP contribution < -0.4 is 0 Å². The Morgan fingerprint density at radius 3 is 2.50 bits per heavy atom.